The summed E-state index contributed by atoms with van der Waals surface area (Å²) >= 11 is 0. The largest absolute Gasteiger partial charge is 0.423 e. The molecule has 25 heavy (non-hydrogen) atoms. The van der Waals surface area contributed by atoms with Gasteiger partial charge in [-0.2, -0.15) is 0 Å². The van der Waals surface area contributed by atoms with Gasteiger partial charge in [0.15, 0.2) is 0 Å². The van der Waals surface area contributed by atoms with Gasteiger partial charge in [-0.25, -0.2) is 4.79 Å². The van der Waals surface area contributed by atoms with Crippen LogP contribution in [0.2, 0.25) is 0 Å². The first-order chi connectivity index (χ1) is 12.1. The highest BCUT2D eigenvalue weighted by atomic mass is 16.5. The molecule has 0 aliphatic carbocycles. The van der Waals surface area contributed by atoms with E-state index in [0.29, 0.717) is 22.6 Å². The molecule has 4 nitrogen and oxygen atoms in total. The molecule has 1 N–H and O–H groups in total. The number of ether oxygens (including phenoxy) is 1. The van der Waals surface area contributed by atoms with E-state index < -0.39 is 5.97 Å². The number of nitrogens with one attached hydrogen (secondary N) is 1. The minimum atomic E-state index is -0.480. The van der Waals surface area contributed by atoms with E-state index in [1.54, 1.807) is 31.2 Å². The van der Waals surface area contributed by atoms with Gasteiger partial charge in [0.05, 0.1) is 0 Å². The fraction of sp³-hybridized carbons (Fsp3) is 0.0476. The number of anilines is 1. The first kappa shape index (κ1) is 16.5. The molecule has 0 unspecified atom stereocenters. The second kappa shape index (κ2) is 7.01. The Kier molecular flexibility index (Phi) is 4.61. The molecule has 3 aromatic carbocycles. The van der Waals surface area contributed by atoms with Crippen LogP contribution in [0.4, 0.5) is 5.69 Å². The highest BCUT2D eigenvalue weighted by Gasteiger charge is 2.13. The second-order valence-corrected chi connectivity index (χ2v) is 5.65. The molecule has 124 valence electrons. The van der Waals surface area contributed by atoms with Gasteiger partial charge in [0.25, 0.3) is 5.91 Å². The van der Waals surface area contributed by atoms with Gasteiger partial charge in [-0.15, -0.1) is 0 Å². The van der Waals surface area contributed by atoms with Crippen molar-refractivity contribution in [3.05, 3.63) is 84.4 Å². The van der Waals surface area contributed by atoms with Gasteiger partial charge in [-0.3, -0.25) is 4.79 Å². The molecule has 0 aromatic heterocycles. The molecule has 1 amide bonds. The minimum absolute atomic E-state index is 0.197. The summed E-state index contributed by atoms with van der Waals surface area (Å²) in [5, 5.41) is 4.44. The van der Waals surface area contributed by atoms with E-state index >= 15 is 0 Å². The van der Waals surface area contributed by atoms with Gasteiger partial charge >= 0.3 is 5.97 Å². The third-order valence-electron chi connectivity index (χ3n) is 3.72. The van der Waals surface area contributed by atoms with E-state index in [-0.39, 0.29) is 5.91 Å². The molecular formula is C21H17NO3. The third-order valence-corrected chi connectivity index (χ3v) is 3.72. The monoisotopic (exact) mass is 331 g/mol. The highest BCUT2D eigenvalue weighted by Crippen LogP contribution is 2.32. The van der Waals surface area contributed by atoms with Crippen LogP contribution in [0.3, 0.4) is 0 Å². The average Bonchev–Trinajstić information content (AvgIpc) is 2.64. The van der Waals surface area contributed by atoms with Crippen LogP contribution in [0.25, 0.3) is 10.8 Å². The number of rotatable bonds is 4. The molecule has 4 heteroatoms. The maximum Gasteiger partial charge on any atom is 0.338 e. The normalized spacial score (nSPS) is 10.3. The van der Waals surface area contributed by atoms with Gasteiger partial charge in [0.2, 0.25) is 0 Å². The maximum atomic E-state index is 12.4. The lowest BCUT2D eigenvalue weighted by Gasteiger charge is -2.12. The van der Waals surface area contributed by atoms with Gasteiger partial charge in [-0.05, 0) is 31.2 Å². The predicted molar refractivity (Wildman–Crippen MR) is 98.8 cm³/mol. The Labute approximate surface area is 145 Å². The van der Waals surface area contributed by atoms with Crippen molar-refractivity contribution in [2.75, 3.05) is 5.32 Å². The van der Waals surface area contributed by atoms with E-state index in [2.05, 4.69) is 11.9 Å². The number of benzene rings is 3. The van der Waals surface area contributed by atoms with Crippen molar-refractivity contribution in [2.24, 2.45) is 0 Å². The lowest BCUT2D eigenvalue weighted by Crippen LogP contribution is -2.12. The maximum absolute atomic E-state index is 12.4. The average molecular weight is 331 g/mol. The van der Waals surface area contributed by atoms with E-state index in [1.165, 1.54) is 0 Å². The smallest absolute Gasteiger partial charge is 0.338 e. The molecule has 0 fully saturated rings. The van der Waals surface area contributed by atoms with Crippen LogP contribution in [0.5, 0.6) is 5.75 Å². The molecule has 0 aliphatic rings. The van der Waals surface area contributed by atoms with Crippen molar-refractivity contribution in [1.29, 1.82) is 0 Å². The number of amides is 1. The highest BCUT2D eigenvalue weighted by molar-refractivity contribution is 6.10. The molecule has 0 radical (unpaired) electrons. The first-order valence-electron chi connectivity index (χ1n) is 7.82. The molecule has 3 aromatic rings. The molecule has 0 bridgehead atoms. The van der Waals surface area contributed by atoms with Crippen molar-refractivity contribution < 1.29 is 14.3 Å². The van der Waals surface area contributed by atoms with Crippen LogP contribution < -0.4 is 10.1 Å². The lowest BCUT2D eigenvalue weighted by atomic mass is 10.1. The van der Waals surface area contributed by atoms with Crippen molar-refractivity contribution in [2.45, 2.75) is 6.92 Å². The fourth-order valence-corrected chi connectivity index (χ4v) is 2.44. The summed E-state index contributed by atoms with van der Waals surface area (Å²) in [5.74, 6) is -0.245. The van der Waals surface area contributed by atoms with Crippen molar-refractivity contribution in [3.63, 3.8) is 0 Å². The molecule has 0 saturated carbocycles. The quantitative estimate of drug-likeness (QED) is 0.433. The topological polar surface area (TPSA) is 55.4 Å². The van der Waals surface area contributed by atoms with E-state index in [4.69, 9.17) is 4.74 Å². The standard InChI is InChI=1S/C21H17NO3/c1-14(2)21(24)25-19-13-12-18(16-10-6-7-11-17(16)19)22-20(23)15-8-4-3-5-9-15/h3-13H,1H2,2H3,(H,22,23). The fourth-order valence-electron chi connectivity index (χ4n) is 2.44. The number of fused-ring (bicyclic) bond motifs is 1. The number of carbonyl (C=O) groups excluding carboxylic acids is 2. The zero-order valence-corrected chi connectivity index (χ0v) is 13.8. The molecular weight excluding hydrogens is 314 g/mol. The Morgan fingerprint density at radius 3 is 2.20 bits per heavy atom. The van der Waals surface area contributed by atoms with E-state index in [1.807, 2.05) is 42.5 Å². The molecule has 0 spiro atoms. The van der Waals surface area contributed by atoms with Gasteiger partial charge < -0.3 is 10.1 Å². The summed E-state index contributed by atoms with van der Waals surface area (Å²) in [7, 11) is 0. The van der Waals surface area contributed by atoms with Crippen molar-refractivity contribution in [1.82, 2.24) is 0 Å². The first-order valence-corrected chi connectivity index (χ1v) is 7.82. The number of esters is 1. The lowest BCUT2D eigenvalue weighted by molar-refractivity contribution is -0.129. The Hall–Kier alpha value is -3.40. The summed E-state index contributed by atoms with van der Waals surface area (Å²) in [4.78, 5) is 24.2. The molecule has 0 atom stereocenters. The Balaban J connectivity index is 1.97. The summed E-state index contributed by atoms with van der Waals surface area (Å²) in [6, 6.07) is 19.8. The zero-order valence-electron chi connectivity index (χ0n) is 13.8. The minimum Gasteiger partial charge on any atom is -0.423 e. The Morgan fingerprint density at radius 1 is 0.880 bits per heavy atom. The van der Waals surface area contributed by atoms with Crippen molar-refractivity contribution >= 4 is 28.3 Å². The molecule has 0 saturated heterocycles. The summed E-state index contributed by atoms with van der Waals surface area (Å²) < 4.78 is 5.38. The van der Waals surface area contributed by atoms with Crippen LogP contribution in [0.15, 0.2) is 78.9 Å². The Morgan fingerprint density at radius 2 is 1.52 bits per heavy atom. The summed E-state index contributed by atoms with van der Waals surface area (Å²) in [5.41, 5.74) is 1.55. The van der Waals surface area contributed by atoms with Crippen molar-refractivity contribution in [3.8, 4) is 5.75 Å². The van der Waals surface area contributed by atoms with Crippen LogP contribution in [-0.2, 0) is 4.79 Å². The molecule has 0 heterocycles. The van der Waals surface area contributed by atoms with E-state index in [0.717, 1.165) is 10.8 Å². The number of carbonyl (C=O) groups is 2. The SMILES string of the molecule is C=C(C)C(=O)Oc1ccc(NC(=O)c2ccccc2)c2ccccc12. The Bertz CT molecular complexity index is 961. The van der Waals surface area contributed by atoms with Gasteiger partial charge in [-0.1, -0.05) is 49.0 Å². The number of hydrogen-bond acceptors (Lipinski definition) is 3. The third kappa shape index (κ3) is 3.58. The van der Waals surface area contributed by atoms with Gasteiger partial charge in [0.1, 0.15) is 5.75 Å². The second-order valence-electron chi connectivity index (χ2n) is 5.65. The van der Waals surface area contributed by atoms with Crippen LogP contribution in [0, 0.1) is 0 Å². The summed E-state index contributed by atoms with van der Waals surface area (Å²) in [6.45, 7) is 5.19. The summed E-state index contributed by atoms with van der Waals surface area (Å²) in [6.07, 6.45) is 0. The van der Waals surface area contributed by atoms with Crippen LogP contribution in [0.1, 0.15) is 17.3 Å². The predicted octanol–water partition coefficient (Wildman–Crippen LogP) is 4.57. The van der Waals surface area contributed by atoms with Crippen LogP contribution >= 0.6 is 0 Å². The van der Waals surface area contributed by atoms with E-state index in [9.17, 15) is 9.59 Å². The van der Waals surface area contributed by atoms with Gasteiger partial charge in [0, 0.05) is 27.6 Å². The molecule has 0 aliphatic heterocycles. The van der Waals surface area contributed by atoms with Crippen LogP contribution in [-0.4, -0.2) is 11.9 Å². The zero-order chi connectivity index (χ0) is 17.8. The number of hydrogen-bond donors (Lipinski definition) is 1. The molecule has 3 rings (SSSR count).